The Morgan fingerprint density at radius 2 is 2.19 bits per heavy atom. The van der Waals surface area contributed by atoms with Crippen molar-refractivity contribution in [3.8, 4) is 0 Å². The minimum Gasteiger partial charge on any atom is -0.384 e. The minimum atomic E-state index is 0.345. The number of anilines is 1. The van der Waals surface area contributed by atoms with Crippen molar-refractivity contribution >= 4 is 16.7 Å². The third-order valence-electron chi connectivity index (χ3n) is 4.56. The average molecular weight is 286 g/mol. The van der Waals surface area contributed by atoms with Crippen molar-refractivity contribution in [3.63, 3.8) is 0 Å². The molecule has 0 radical (unpaired) electrons. The van der Waals surface area contributed by atoms with Crippen molar-refractivity contribution < 1.29 is 0 Å². The van der Waals surface area contributed by atoms with E-state index in [1.54, 1.807) is 0 Å². The molecule has 1 saturated carbocycles. The summed E-state index contributed by atoms with van der Waals surface area (Å²) in [5, 5.41) is 9.10. The van der Waals surface area contributed by atoms with E-state index in [4.69, 9.17) is 0 Å². The minimum absolute atomic E-state index is 0.345. The molecule has 2 heterocycles. The van der Waals surface area contributed by atoms with Gasteiger partial charge in [0.25, 0.3) is 0 Å². The Kier molecular flexibility index (Phi) is 4.13. The molecule has 1 aliphatic carbocycles. The number of fused-ring (bicyclic) bond motifs is 1. The number of rotatable bonds is 4. The normalized spacial score (nSPS) is 22.9. The predicted octanol–water partition coefficient (Wildman–Crippen LogP) is 4.25. The molecule has 1 fully saturated rings. The van der Waals surface area contributed by atoms with E-state index in [-0.39, 0.29) is 0 Å². The average Bonchev–Trinajstić information content (AvgIpc) is 2.88. The molecule has 4 nitrogen and oxygen atoms in total. The predicted molar refractivity (Wildman–Crippen MR) is 87.5 cm³/mol. The van der Waals surface area contributed by atoms with E-state index in [1.165, 1.54) is 25.7 Å². The molecule has 0 amide bonds. The van der Waals surface area contributed by atoms with Gasteiger partial charge in [-0.2, -0.15) is 5.10 Å². The molecule has 1 N–H and O–H groups in total. The zero-order valence-corrected chi connectivity index (χ0v) is 13.3. The summed E-state index contributed by atoms with van der Waals surface area (Å²) in [6.07, 6.45) is 9.35. The van der Waals surface area contributed by atoms with Crippen molar-refractivity contribution in [1.82, 2.24) is 14.8 Å². The van der Waals surface area contributed by atoms with Gasteiger partial charge in [-0.3, -0.25) is 0 Å². The topological polar surface area (TPSA) is 42.7 Å². The zero-order valence-electron chi connectivity index (χ0n) is 13.3. The number of aromatic nitrogens is 3. The first-order valence-electron chi connectivity index (χ1n) is 8.20. The molecule has 0 spiro atoms. The second-order valence-electron chi connectivity index (χ2n) is 6.84. The highest BCUT2D eigenvalue weighted by atomic mass is 15.3. The van der Waals surface area contributed by atoms with Gasteiger partial charge in [0.15, 0.2) is 5.65 Å². The monoisotopic (exact) mass is 286 g/mol. The fourth-order valence-electron chi connectivity index (χ4n) is 3.42. The quantitative estimate of drug-likeness (QED) is 0.913. The fourth-order valence-corrected chi connectivity index (χ4v) is 3.42. The molecular formula is C17H26N4. The van der Waals surface area contributed by atoms with E-state index in [9.17, 15) is 0 Å². The molecular weight excluding hydrogens is 260 g/mol. The van der Waals surface area contributed by atoms with Crippen LogP contribution in [0.5, 0.6) is 0 Å². The van der Waals surface area contributed by atoms with Crippen LogP contribution in [0.1, 0.15) is 52.5 Å². The Morgan fingerprint density at radius 1 is 1.33 bits per heavy atom. The lowest BCUT2D eigenvalue weighted by Crippen LogP contribution is -2.21. The smallest absolute Gasteiger partial charge is 0.158 e. The third kappa shape index (κ3) is 3.20. The molecule has 4 heteroatoms. The maximum atomic E-state index is 4.58. The van der Waals surface area contributed by atoms with Gasteiger partial charge in [-0.1, -0.05) is 19.8 Å². The molecule has 21 heavy (non-hydrogen) atoms. The summed E-state index contributed by atoms with van der Waals surface area (Å²) in [5.41, 5.74) is 2.09. The van der Waals surface area contributed by atoms with Crippen LogP contribution in [0.2, 0.25) is 0 Å². The maximum Gasteiger partial charge on any atom is 0.158 e. The van der Waals surface area contributed by atoms with Gasteiger partial charge in [0.2, 0.25) is 0 Å². The lowest BCUT2D eigenvalue weighted by Gasteiger charge is -2.27. The Balaban J connectivity index is 1.67. The summed E-state index contributed by atoms with van der Waals surface area (Å²) in [6.45, 7) is 7.70. The highest BCUT2D eigenvalue weighted by Crippen LogP contribution is 2.29. The number of nitrogens with zero attached hydrogens (tertiary/aromatic N) is 3. The van der Waals surface area contributed by atoms with Crippen LogP contribution in [-0.2, 0) is 0 Å². The molecule has 3 rings (SSSR count). The Hall–Kier alpha value is -1.58. The summed E-state index contributed by atoms with van der Waals surface area (Å²) in [7, 11) is 0. The second kappa shape index (κ2) is 6.04. The van der Waals surface area contributed by atoms with Crippen LogP contribution < -0.4 is 5.32 Å². The molecule has 2 unspecified atom stereocenters. The molecule has 0 aromatic carbocycles. The molecule has 0 aliphatic heterocycles. The lowest BCUT2D eigenvalue weighted by atomic mass is 9.82. The first kappa shape index (κ1) is 14.4. The van der Waals surface area contributed by atoms with Crippen molar-refractivity contribution in [1.29, 1.82) is 0 Å². The van der Waals surface area contributed by atoms with Gasteiger partial charge < -0.3 is 5.32 Å². The zero-order chi connectivity index (χ0) is 14.8. The van der Waals surface area contributed by atoms with Gasteiger partial charge in [-0.15, -0.1) is 0 Å². The van der Waals surface area contributed by atoms with E-state index in [1.807, 2.05) is 17.1 Å². The van der Waals surface area contributed by atoms with Crippen molar-refractivity contribution in [2.75, 3.05) is 11.9 Å². The van der Waals surface area contributed by atoms with Crippen LogP contribution >= 0.6 is 0 Å². The van der Waals surface area contributed by atoms with Crippen molar-refractivity contribution in [2.45, 2.75) is 52.5 Å². The maximum absolute atomic E-state index is 4.58. The van der Waals surface area contributed by atoms with Gasteiger partial charge in [0.1, 0.15) is 0 Å². The van der Waals surface area contributed by atoms with Crippen LogP contribution in [0, 0.1) is 11.8 Å². The molecule has 2 aromatic rings. The van der Waals surface area contributed by atoms with Gasteiger partial charge in [-0.25, -0.2) is 9.67 Å². The van der Waals surface area contributed by atoms with Gasteiger partial charge >= 0.3 is 0 Å². The summed E-state index contributed by atoms with van der Waals surface area (Å²) < 4.78 is 1.97. The van der Waals surface area contributed by atoms with E-state index >= 15 is 0 Å². The highest BCUT2D eigenvalue weighted by Gasteiger charge is 2.18. The number of hydrogen-bond donors (Lipinski definition) is 1. The summed E-state index contributed by atoms with van der Waals surface area (Å²) >= 11 is 0. The highest BCUT2D eigenvalue weighted by molar-refractivity contribution is 5.78. The van der Waals surface area contributed by atoms with Crippen LogP contribution in [0.4, 0.5) is 5.69 Å². The first-order chi connectivity index (χ1) is 10.1. The summed E-state index contributed by atoms with van der Waals surface area (Å²) in [6, 6.07) is 2.51. The third-order valence-corrected chi connectivity index (χ3v) is 4.56. The molecule has 1 aliphatic rings. The van der Waals surface area contributed by atoms with Crippen LogP contribution in [0.3, 0.4) is 0 Å². The van der Waals surface area contributed by atoms with Gasteiger partial charge in [-0.05, 0) is 44.6 Å². The summed E-state index contributed by atoms with van der Waals surface area (Å²) in [5.74, 6) is 1.69. The Labute approximate surface area is 126 Å². The molecule has 0 saturated heterocycles. The lowest BCUT2D eigenvalue weighted by molar-refractivity contribution is 0.293. The van der Waals surface area contributed by atoms with Gasteiger partial charge in [0, 0.05) is 18.0 Å². The van der Waals surface area contributed by atoms with E-state index < -0.39 is 0 Å². The Morgan fingerprint density at radius 3 is 2.95 bits per heavy atom. The number of pyridine rings is 1. The van der Waals surface area contributed by atoms with Crippen molar-refractivity contribution in [3.05, 3.63) is 18.5 Å². The first-order valence-corrected chi connectivity index (χ1v) is 8.20. The summed E-state index contributed by atoms with van der Waals surface area (Å²) in [4.78, 5) is 4.58. The van der Waals surface area contributed by atoms with E-state index in [2.05, 4.69) is 42.2 Å². The Bertz CT molecular complexity index is 602. The van der Waals surface area contributed by atoms with E-state index in [0.29, 0.717) is 6.04 Å². The fraction of sp³-hybridized carbons (Fsp3) is 0.647. The van der Waals surface area contributed by atoms with E-state index in [0.717, 1.165) is 35.1 Å². The van der Waals surface area contributed by atoms with Crippen LogP contribution in [0.15, 0.2) is 18.5 Å². The largest absolute Gasteiger partial charge is 0.384 e. The van der Waals surface area contributed by atoms with Crippen LogP contribution in [-0.4, -0.2) is 21.3 Å². The second-order valence-corrected chi connectivity index (χ2v) is 6.84. The standard InChI is InChI=1S/C17H26N4/c1-12(2)21-17-15(10-20-21)8-16(11-19-17)18-9-14-6-4-5-13(3)7-14/h8,10-14,18H,4-7,9H2,1-3H3. The number of hydrogen-bond acceptors (Lipinski definition) is 3. The molecule has 2 aromatic heterocycles. The van der Waals surface area contributed by atoms with Gasteiger partial charge in [0.05, 0.1) is 18.1 Å². The molecule has 2 atom stereocenters. The van der Waals surface area contributed by atoms with Crippen LogP contribution in [0.25, 0.3) is 11.0 Å². The SMILES string of the molecule is CC1CCCC(CNc2cnc3c(cnn3C(C)C)c2)C1. The number of nitrogens with one attached hydrogen (secondary N) is 1. The molecule has 0 bridgehead atoms. The van der Waals surface area contributed by atoms with Crippen molar-refractivity contribution in [2.24, 2.45) is 11.8 Å². The molecule has 114 valence electrons.